The third-order valence-corrected chi connectivity index (χ3v) is 2.12. The maximum Gasteiger partial charge on any atom is 0.413 e. The summed E-state index contributed by atoms with van der Waals surface area (Å²) in [5, 5.41) is 2.84. The minimum Gasteiger partial charge on any atom is -0.444 e. The minimum absolute atomic E-state index is 0.173. The van der Waals surface area contributed by atoms with Crippen LogP contribution in [-0.4, -0.2) is 27.9 Å². The van der Waals surface area contributed by atoms with Crippen molar-refractivity contribution in [2.75, 3.05) is 11.6 Å². The molecule has 0 aliphatic carbocycles. The molecule has 1 amide bonds. The first-order valence-electron chi connectivity index (χ1n) is 4.95. The van der Waals surface area contributed by atoms with Crippen molar-refractivity contribution in [2.45, 2.75) is 31.5 Å². The highest BCUT2D eigenvalue weighted by Gasteiger charge is 2.16. The molecular formula is C10H15N3O3S. The third kappa shape index (κ3) is 4.90. The number of aromatic nitrogens is 2. The Bertz CT molecular complexity index is 465. The summed E-state index contributed by atoms with van der Waals surface area (Å²) in [4.78, 5) is 29.2. The number of H-pyrrole nitrogens is 1. The summed E-state index contributed by atoms with van der Waals surface area (Å²) in [5.41, 5.74) is -0.913. The number of nitrogens with zero attached hydrogens (tertiary/aromatic N) is 1. The third-order valence-electron chi connectivity index (χ3n) is 1.54. The van der Waals surface area contributed by atoms with E-state index in [1.807, 2.05) is 0 Å². The molecule has 1 rings (SSSR count). The molecule has 0 saturated heterocycles. The van der Waals surface area contributed by atoms with Crippen LogP contribution in [0, 0.1) is 0 Å². The predicted molar refractivity (Wildman–Crippen MR) is 66.5 cm³/mol. The first-order chi connectivity index (χ1) is 7.80. The summed E-state index contributed by atoms with van der Waals surface area (Å²) < 4.78 is 5.05. The van der Waals surface area contributed by atoms with Crippen molar-refractivity contribution < 1.29 is 9.53 Å². The fraction of sp³-hybridized carbons (Fsp3) is 0.500. The summed E-state index contributed by atoms with van der Waals surface area (Å²) in [5.74, 6) is 0.173. The fourth-order valence-corrected chi connectivity index (χ4v) is 1.40. The Kier molecular flexibility index (Phi) is 4.17. The lowest BCUT2D eigenvalue weighted by atomic mass is 10.2. The van der Waals surface area contributed by atoms with Gasteiger partial charge in [0.1, 0.15) is 11.4 Å². The monoisotopic (exact) mass is 257 g/mol. The van der Waals surface area contributed by atoms with Gasteiger partial charge in [-0.15, -0.1) is 0 Å². The molecule has 0 radical (unpaired) electrons. The van der Waals surface area contributed by atoms with E-state index in [0.717, 1.165) is 0 Å². The molecule has 94 valence electrons. The van der Waals surface area contributed by atoms with E-state index < -0.39 is 11.7 Å². The number of nitrogens with one attached hydrogen (secondary N) is 2. The molecule has 0 fully saturated rings. The van der Waals surface area contributed by atoms with Crippen LogP contribution < -0.4 is 10.9 Å². The molecule has 0 atom stereocenters. The molecule has 0 spiro atoms. The second-order valence-corrected chi connectivity index (χ2v) is 5.06. The molecule has 1 heterocycles. The van der Waals surface area contributed by atoms with Crippen molar-refractivity contribution in [2.24, 2.45) is 0 Å². The normalized spacial score (nSPS) is 11.1. The predicted octanol–water partition coefficient (Wildman–Crippen LogP) is 1.84. The number of ether oxygens (including phenoxy) is 1. The maximum atomic E-state index is 11.4. The maximum absolute atomic E-state index is 11.4. The second-order valence-electron chi connectivity index (χ2n) is 4.27. The highest BCUT2D eigenvalue weighted by atomic mass is 32.2. The molecule has 1 aromatic heterocycles. The van der Waals surface area contributed by atoms with E-state index in [1.54, 1.807) is 27.0 Å². The first kappa shape index (κ1) is 13.6. The van der Waals surface area contributed by atoms with E-state index in [-0.39, 0.29) is 11.4 Å². The van der Waals surface area contributed by atoms with Gasteiger partial charge in [0, 0.05) is 6.07 Å². The van der Waals surface area contributed by atoms with Crippen molar-refractivity contribution in [3.05, 3.63) is 16.4 Å². The Morgan fingerprint density at radius 3 is 2.71 bits per heavy atom. The molecule has 0 saturated carbocycles. The number of carbonyl (C=O) groups is 1. The van der Waals surface area contributed by atoms with Crippen LogP contribution in [0.5, 0.6) is 0 Å². The number of aromatic amines is 1. The van der Waals surface area contributed by atoms with Crippen LogP contribution in [0.25, 0.3) is 0 Å². The lowest BCUT2D eigenvalue weighted by Gasteiger charge is -2.19. The van der Waals surface area contributed by atoms with Crippen molar-refractivity contribution >= 4 is 23.7 Å². The van der Waals surface area contributed by atoms with Gasteiger partial charge in [0.25, 0.3) is 5.56 Å². The molecule has 6 nitrogen and oxygen atoms in total. The molecule has 0 aliphatic heterocycles. The standard InChI is InChI=1S/C10H15N3O3S/c1-10(2,3)16-9(15)12-6-5-7(14)13-8(11-6)17-4/h5H,1-4H3,(H2,11,12,13,14,15). The van der Waals surface area contributed by atoms with E-state index in [4.69, 9.17) is 4.74 Å². The van der Waals surface area contributed by atoms with Gasteiger partial charge in [-0.2, -0.15) is 0 Å². The molecule has 0 aliphatic rings. The van der Waals surface area contributed by atoms with E-state index in [2.05, 4.69) is 15.3 Å². The zero-order valence-corrected chi connectivity index (χ0v) is 11.0. The van der Waals surface area contributed by atoms with Gasteiger partial charge in [0.15, 0.2) is 5.16 Å². The number of hydrogen-bond donors (Lipinski definition) is 2. The molecular weight excluding hydrogens is 242 g/mol. The average molecular weight is 257 g/mol. The van der Waals surface area contributed by atoms with Crippen LogP contribution in [0.15, 0.2) is 16.0 Å². The highest BCUT2D eigenvalue weighted by molar-refractivity contribution is 7.98. The molecule has 0 aromatic carbocycles. The van der Waals surface area contributed by atoms with Gasteiger partial charge in [-0.3, -0.25) is 10.1 Å². The molecule has 17 heavy (non-hydrogen) atoms. The van der Waals surface area contributed by atoms with Gasteiger partial charge in [-0.25, -0.2) is 9.78 Å². The quantitative estimate of drug-likeness (QED) is 0.624. The van der Waals surface area contributed by atoms with Gasteiger partial charge >= 0.3 is 6.09 Å². The Morgan fingerprint density at radius 1 is 1.53 bits per heavy atom. The van der Waals surface area contributed by atoms with Crippen LogP contribution >= 0.6 is 11.8 Å². The van der Waals surface area contributed by atoms with Gasteiger partial charge in [0.2, 0.25) is 0 Å². The van der Waals surface area contributed by atoms with E-state index >= 15 is 0 Å². The highest BCUT2D eigenvalue weighted by Crippen LogP contribution is 2.11. The summed E-state index contributed by atoms with van der Waals surface area (Å²) in [7, 11) is 0. The lowest BCUT2D eigenvalue weighted by Crippen LogP contribution is -2.28. The largest absolute Gasteiger partial charge is 0.444 e. The smallest absolute Gasteiger partial charge is 0.413 e. The molecule has 2 N–H and O–H groups in total. The minimum atomic E-state index is -0.636. The van der Waals surface area contributed by atoms with Crippen LogP contribution in [0.1, 0.15) is 20.8 Å². The first-order valence-corrected chi connectivity index (χ1v) is 6.18. The van der Waals surface area contributed by atoms with Crippen LogP contribution in [0.2, 0.25) is 0 Å². The average Bonchev–Trinajstić information content (AvgIpc) is 2.13. The second kappa shape index (κ2) is 5.22. The van der Waals surface area contributed by atoms with Gasteiger partial charge < -0.3 is 9.72 Å². The SMILES string of the molecule is CSc1nc(NC(=O)OC(C)(C)C)cc(=O)[nH]1. The number of rotatable bonds is 2. The van der Waals surface area contributed by atoms with Crippen LogP contribution in [-0.2, 0) is 4.74 Å². The zero-order chi connectivity index (χ0) is 13.1. The van der Waals surface area contributed by atoms with E-state index in [1.165, 1.54) is 17.8 Å². The Morgan fingerprint density at radius 2 is 2.18 bits per heavy atom. The zero-order valence-electron chi connectivity index (χ0n) is 10.2. The van der Waals surface area contributed by atoms with Crippen LogP contribution in [0.4, 0.5) is 10.6 Å². The van der Waals surface area contributed by atoms with Crippen LogP contribution in [0.3, 0.4) is 0 Å². The number of carbonyl (C=O) groups excluding carboxylic acids is 1. The molecule has 0 bridgehead atoms. The molecule has 1 aromatic rings. The van der Waals surface area contributed by atoms with Crippen molar-refractivity contribution in [1.29, 1.82) is 0 Å². The van der Waals surface area contributed by atoms with E-state index in [0.29, 0.717) is 5.16 Å². The molecule has 7 heteroatoms. The number of hydrogen-bond acceptors (Lipinski definition) is 5. The topological polar surface area (TPSA) is 84.1 Å². The summed E-state index contributed by atoms with van der Waals surface area (Å²) in [6.45, 7) is 5.27. The number of thioether (sulfide) groups is 1. The summed E-state index contributed by atoms with van der Waals surface area (Å²) >= 11 is 1.28. The fourth-order valence-electron chi connectivity index (χ4n) is 1.00. The van der Waals surface area contributed by atoms with Gasteiger partial charge in [0.05, 0.1) is 0 Å². The van der Waals surface area contributed by atoms with Crippen molar-refractivity contribution in [3.63, 3.8) is 0 Å². The van der Waals surface area contributed by atoms with Gasteiger partial charge in [-0.1, -0.05) is 11.8 Å². The number of amides is 1. The van der Waals surface area contributed by atoms with Gasteiger partial charge in [-0.05, 0) is 27.0 Å². The summed E-state index contributed by atoms with van der Waals surface area (Å²) in [6, 6.07) is 1.20. The molecule has 0 unspecified atom stereocenters. The van der Waals surface area contributed by atoms with Crippen molar-refractivity contribution in [1.82, 2.24) is 9.97 Å². The van der Waals surface area contributed by atoms with Crippen molar-refractivity contribution in [3.8, 4) is 0 Å². The van der Waals surface area contributed by atoms with E-state index in [9.17, 15) is 9.59 Å². The Hall–Kier alpha value is -1.50. The summed E-state index contributed by atoms with van der Waals surface area (Å²) in [6.07, 6.45) is 1.14. The number of anilines is 1. The lowest BCUT2D eigenvalue weighted by molar-refractivity contribution is 0.0635. The Balaban J connectivity index is 2.78. The Labute approximate surface area is 103 Å².